The van der Waals surface area contributed by atoms with Gasteiger partial charge in [0, 0.05) is 30.1 Å². The van der Waals surface area contributed by atoms with Crippen LogP contribution in [0.15, 0.2) is 76.3 Å². The van der Waals surface area contributed by atoms with Crippen LogP contribution in [0.1, 0.15) is 10.4 Å². The van der Waals surface area contributed by atoms with Crippen LogP contribution in [0.25, 0.3) is 22.4 Å². The van der Waals surface area contributed by atoms with Crippen molar-refractivity contribution in [1.29, 1.82) is 0 Å². The Balaban J connectivity index is 1.62. The van der Waals surface area contributed by atoms with Gasteiger partial charge in [-0.2, -0.15) is 0 Å². The van der Waals surface area contributed by atoms with E-state index in [0.717, 1.165) is 0 Å². The van der Waals surface area contributed by atoms with E-state index in [1.54, 1.807) is 42.6 Å². The van der Waals surface area contributed by atoms with E-state index in [4.69, 9.17) is 9.15 Å². The number of pyridine rings is 2. The molecule has 4 aromatic rings. The predicted octanol–water partition coefficient (Wildman–Crippen LogP) is 3.17. The number of esters is 1. The maximum Gasteiger partial charge on any atom is 0.345 e. The fraction of sp³-hybridized carbons (Fsp3) is 0. The molecule has 0 radical (unpaired) electrons. The number of nitrogens with zero attached hydrogens (tertiary/aromatic N) is 2. The molecule has 1 aromatic carbocycles. The highest BCUT2D eigenvalue weighted by atomic mass is 16.5. The molecular formula is C20H12N2O5. The molecule has 0 atom stereocenters. The second kappa shape index (κ2) is 6.72. The second-order valence-electron chi connectivity index (χ2n) is 5.67. The van der Waals surface area contributed by atoms with Crippen molar-refractivity contribution in [3.63, 3.8) is 0 Å². The smallest absolute Gasteiger partial charge is 0.345 e. The molecule has 27 heavy (non-hydrogen) atoms. The van der Waals surface area contributed by atoms with Crippen molar-refractivity contribution >= 4 is 17.1 Å². The number of rotatable bonds is 3. The first-order valence-corrected chi connectivity index (χ1v) is 7.96. The van der Waals surface area contributed by atoms with E-state index in [1.165, 1.54) is 24.5 Å². The summed E-state index contributed by atoms with van der Waals surface area (Å²) in [7, 11) is 0. The number of ether oxygens (including phenoxy) is 1. The third kappa shape index (κ3) is 3.38. The third-order valence-electron chi connectivity index (χ3n) is 3.80. The van der Waals surface area contributed by atoms with Crippen LogP contribution in [-0.4, -0.2) is 21.0 Å². The molecule has 3 aromatic heterocycles. The van der Waals surface area contributed by atoms with Crippen molar-refractivity contribution in [3.8, 4) is 22.8 Å². The van der Waals surface area contributed by atoms with Gasteiger partial charge < -0.3 is 14.3 Å². The van der Waals surface area contributed by atoms with Crippen LogP contribution in [0.5, 0.6) is 11.5 Å². The van der Waals surface area contributed by atoms with Crippen molar-refractivity contribution in [1.82, 2.24) is 9.97 Å². The minimum absolute atomic E-state index is 0.0968. The number of aromatic hydroxyl groups is 1. The number of aromatic nitrogens is 2. The van der Waals surface area contributed by atoms with Gasteiger partial charge in [0.05, 0.1) is 11.8 Å². The number of benzene rings is 1. The van der Waals surface area contributed by atoms with E-state index in [0.29, 0.717) is 22.6 Å². The SMILES string of the molecule is O=C(Oc1ccc(-c2cc(=O)c3ncc(O)cc3o2)cc1)c1cccnc1. The monoisotopic (exact) mass is 360 g/mol. The zero-order chi connectivity index (χ0) is 18.8. The first-order valence-electron chi connectivity index (χ1n) is 7.96. The summed E-state index contributed by atoms with van der Waals surface area (Å²) in [5.41, 5.74) is 0.953. The summed E-state index contributed by atoms with van der Waals surface area (Å²) >= 11 is 0. The highest BCUT2D eigenvalue weighted by Gasteiger charge is 2.11. The molecule has 0 aliphatic carbocycles. The van der Waals surface area contributed by atoms with Crippen LogP contribution in [0.3, 0.4) is 0 Å². The standard InChI is InChI=1S/C20H12N2O5/c23-14-8-18-19(22-11-14)16(24)9-17(27-18)12-3-5-15(6-4-12)26-20(25)13-2-1-7-21-10-13/h1-11,23H. The quantitative estimate of drug-likeness (QED) is 0.442. The van der Waals surface area contributed by atoms with E-state index in [-0.39, 0.29) is 22.3 Å². The molecular weight excluding hydrogens is 348 g/mol. The molecule has 0 amide bonds. The highest BCUT2D eigenvalue weighted by molar-refractivity contribution is 5.90. The Morgan fingerprint density at radius 2 is 1.89 bits per heavy atom. The fourth-order valence-electron chi connectivity index (χ4n) is 2.51. The van der Waals surface area contributed by atoms with Gasteiger partial charge in [-0.1, -0.05) is 0 Å². The lowest BCUT2D eigenvalue weighted by Gasteiger charge is -2.06. The van der Waals surface area contributed by atoms with Gasteiger partial charge in [0.1, 0.15) is 17.3 Å². The lowest BCUT2D eigenvalue weighted by molar-refractivity contribution is 0.0734. The first kappa shape index (κ1) is 16.5. The van der Waals surface area contributed by atoms with Gasteiger partial charge in [0.15, 0.2) is 11.1 Å². The summed E-state index contributed by atoms with van der Waals surface area (Å²) in [5.74, 6) is 0.0372. The van der Waals surface area contributed by atoms with Gasteiger partial charge in [0.25, 0.3) is 0 Å². The zero-order valence-corrected chi connectivity index (χ0v) is 13.8. The average molecular weight is 360 g/mol. The average Bonchev–Trinajstić information content (AvgIpc) is 2.69. The molecule has 1 N–H and O–H groups in total. The summed E-state index contributed by atoms with van der Waals surface area (Å²) < 4.78 is 10.9. The second-order valence-corrected chi connectivity index (χ2v) is 5.67. The molecule has 132 valence electrons. The Bertz CT molecular complexity index is 1180. The number of hydrogen-bond donors (Lipinski definition) is 1. The minimum Gasteiger partial charge on any atom is -0.506 e. The largest absolute Gasteiger partial charge is 0.506 e. The van der Waals surface area contributed by atoms with Gasteiger partial charge in [-0.3, -0.25) is 9.78 Å². The molecule has 0 saturated carbocycles. The summed E-state index contributed by atoms with van der Waals surface area (Å²) in [6.45, 7) is 0. The summed E-state index contributed by atoms with van der Waals surface area (Å²) in [5, 5.41) is 9.52. The number of fused-ring (bicyclic) bond motifs is 1. The zero-order valence-electron chi connectivity index (χ0n) is 13.8. The number of carbonyl (C=O) groups excluding carboxylic acids is 1. The normalized spacial score (nSPS) is 10.7. The van der Waals surface area contributed by atoms with Crippen LogP contribution in [0, 0.1) is 0 Å². The van der Waals surface area contributed by atoms with E-state index in [2.05, 4.69) is 9.97 Å². The Hall–Kier alpha value is -4.00. The van der Waals surface area contributed by atoms with E-state index in [9.17, 15) is 14.7 Å². The third-order valence-corrected chi connectivity index (χ3v) is 3.80. The molecule has 3 heterocycles. The molecule has 0 spiro atoms. The molecule has 7 heteroatoms. The van der Waals surface area contributed by atoms with Crippen molar-refractivity contribution in [3.05, 3.63) is 82.9 Å². The first-order chi connectivity index (χ1) is 13.1. The molecule has 0 fully saturated rings. The Morgan fingerprint density at radius 3 is 2.63 bits per heavy atom. The summed E-state index contributed by atoms with van der Waals surface area (Å²) in [4.78, 5) is 32.0. The molecule has 0 unspecified atom stereocenters. The Kier molecular flexibility index (Phi) is 4.10. The summed E-state index contributed by atoms with van der Waals surface area (Å²) in [6.07, 6.45) is 4.17. The molecule has 0 saturated heterocycles. The topological polar surface area (TPSA) is 103 Å². The molecule has 7 nitrogen and oxygen atoms in total. The predicted molar refractivity (Wildman–Crippen MR) is 96.6 cm³/mol. The van der Waals surface area contributed by atoms with Crippen LogP contribution >= 0.6 is 0 Å². The molecule has 0 aliphatic heterocycles. The van der Waals surface area contributed by atoms with Gasteiger partial charge in [0.2, 0.25) is 5.43 Å². The fourth-order valence-corrected chi connectivity index (χ4v) is 2.51. The van der Waals surface area contributed by atoms with Gasteiger partial charge in [-0.15, -0.1) is 0 Å². The maximum absolute atomic E-state index is 12.2. The van der Waals surface area contributed by atoms with Crippen molar-refractivity contribution in [2.75, 3.05) is 0 Å². The minimum atomic E-state index is -0.519. The molecule has 4 rings (SSSR count). The Morgan fingerprint density at radius 1 is 1.07 bits per heavy atom. The van der Waals surface area contributed by atoms with Crippen LogP contribution in [0.2, 0.25) is 0 Å². The lowest BCUT2D eigenvalue weighted by atomic mass is 10.1. The maximum atomic E-state index is 12.2. The van der Waals surface area contributed by atoms with Crippen LogP contribution in [-0.2, 0) is 0 Å². The van der Waals surface area contributed by atoms with Gasteiger partial charge >= 0.3 is 5.97 Å². The van der Waals surface area contributed by atoms with E-state index < -0.39 is 5.97 Å². The van der Waals surface area contributed by atoms with Crippen molar-refractivity contribution in [2.45, 2.75) is 0 Å². The lowest BCUT2D eigenvalue weighted by Crippen LogP contribution is -2.08. The Labute approximate surface area is 152 Å². The molecule has 0 bridgehead atoms. The van der Waals surface area contributed by atoms with Crippen molar-refractivity contribution < 1.29 is 19.1 Å². The van der Waals surface area contributed by atoms with E-state index in [1.807, 2.05) is 0 Å². The number of carbonyl (C=O) groups is 1. The van der Waals surface area contributed by atoms with Gasteiger partial charge in [-0.25, -0.2) is 9.78 Å². The molecule has 0 aliphatic rings. The van der Waals surface area contributed by atoms with Crippen LogP contribution in [0.4, 0.5) is 0 Å². The van der Waals surface area contributed by atoms with Crippen LogP contribution < -0.4 is 10.2 Å². The highest BCUT2D eigenvalue weighted by Crippen LogP contribution is 2.25. The summed E-state index contributed by atoms with van der Waals surface area (Å²) in [6, 6.07) is 12.4. The number of hydrogen-bond acceptors (Lipinski definition) is 7. The van der Waals surface area contributed by atoms with Gasteiger partial charge in [-0.05, 0) is 36.4 Å². The van der Waals surface area contributed by atoms with E-state index >= 15 is 0 Å². The van der Waals surface area contributed by atoms with Crippen molar-refractivity contribution in [2.24, 2.45) is 0 Å².